The number of hydrogen-bond acceptors (Lipinski definition) is 9. The molecular weight excluding hydrogens is 422 g/mol. The number of ether oxygens (including phenoxy) is 1. The minimum Gasteiger partial charge on any atom is -0.491 e. The summed E-state index contributed by atoms with van der Waals surface area (Å²) in [6.07, 6.45) is 4.77. The van der Waals surface area contributed by atoms with Crippen LogP contribution in [0.2, 0.25) is 0 Å². The van der Waals surface area contributed by atoms with Gasteiger partial charge in [-0.2, -0.15) is 10.2 Å². The Kier molecular flexibility index (Phi) is 5.29. The van der Waals surface area contributed by atoms with Crippen molar-refractivity contribution in [1.29, 1.82) is 0 Å². The monoisotopic (exact) mass is 443 g/mol. The van der Waals surface area contributed by atoms with Crippen molar-refractivity contribution >= 4 is 34.8 Å². The zero-order valence-corrected chi connectivity index (χ0v) is 17.9. The molecule has 0 radical (unpaired) electrons. The number of fused-ring (bicyclic) bond motifs is 1. The fourth-order valence-corrected chi connectivity index (χ4v) is 3.40. The minimum absolute atomic E-state index is 0.0686. The first-order valence-electron chi connectivity index (χ1n) is 10.3. The fraction of sp³-hybridized carbons (Fsp3) is 0.136. The number of pyridine rings is 2. The Hall–Kier alpha value is -4.51. The lowest BCUT2D eigenvalue weighted by atomic mass is 10.1. The Morgan fingerprint density at radius 2 is 1.97 bits per heavy atom. The highest BCUT2D eigenvalue weighted by Crippen LogP contribution is 2.30. The first-order chi connectivity index (χ1) is 16.1. The summed E-state index contributed by atoms with van der Waals surface area (Å²) in [6, 6.07) is 12.7. The van der Waals surface area contributed by atoms with E-state index in [0.29, 0.717) is 17.2 Å². The number of carbonyl (C=O) groups excluding carboxylic acids is 1. The van der Waals surface area contributed by atoms with Crippen molar-refractivity contribution in [3.63, 3.8) is 0 Å². The molecule has 1 aliphatic heterocycles. The molecule has 0 bridgehead atoms. The third-order valence-corrected chi connectivity index (χ3v) is 4.84. The lowest BCUT2D eigenvalue weighted by molar-refractivity contribution is 0.102. The molecule has 4 aromatic rings. The van der Waals surface area contributed by atoms with Gasteiger partial charge in [0.05, 0.1) is 11.6 Å². The predicted molar refractivity (Wildman–Crippen MR) is 125 cm³/mol. The van der Waals surface area contributed by atoms with E-state index in [1.807, 2.05) is 38.1 Å². The van der Waals surface area contributed by atoms with Crippen LogP contribution in [-0.2, 0) is 0 Å². The van der Waals surface area contributed by atoms with Crippen molar-refractivity contribution in [2.45, 2.75) is 20.0 Å². The number of anilines is 2. The molecule has 0 atom stereocenters. The van der Waals surface area contributed by atoms with E-state index in [1.54, 1.807) is 35.6 Å². The van der Waals surface area contributed by atoms with Crippen molar-refractivity contribution in [3.8, 4) is 17.0 Å². The zero-order valence-electron chi connectivity index (χ0n) is 17.9. The summed E-state index contributed by atoms with van der Waals surface area (Å²) in [7, 11) is 0. The highest BCUT2D eigenvalue weighted by Gasteiger charge is 2.15. The lowest BCUT2D eigenvalue weighted by Gasteiger charge is -2.13. The van der Waals surface area contributed by atoms with Crippen LogP contribution in [0.5, 0.6) is 5.75 Å². The first kappa shape index (κ1) is 20.4. The maximum absolute atomic E-state index is 12.8. The van der Waals surface area contributed by atoms with Crippen LogP contribution in [0.25, 0.3) is 22.2 Å². The number of benzene rings is 1. The summed E-state index contributed by atoms with van der Waals surface area (Å²) < 4.78 is 5.82. The van der Waals surface area contributed by atoms with Crippen molar-refractivity contribution in [3.05, 3.63) is 60.4 Å². The van der Waals surface area contributed by atoms with Gasteiger partial charge in [-0.05, 0) is 56.3 Å². The zero-order chi connectivity index (χ0) is 22.8. The number of rotatable bonds is 6. The van der Waals surface area contributed by atoms with Gasteiger partial charge in [-0.3, -0.25) is 9.89 Å². The molecule has 33 heavy (non-hydrogen) atoms. The van der Waals surface area contributed by atoms with Crippen LogP contribution in [0.1, 0.15) is 24.2 Å². The van der Waals surface area contributed by atoms with Gasteiger partial charge in [0.25, 0.3) is 5.91 Å². The number of carbonyl (C=O) groups is 1. The average molecular weight is 443 g/mol. The topological polar surface area (TPSA) is 132 Å². The second kappa shape index (κ2) is 8.55. The van der Waals surface area contributed by atoms with E-state index in [1.165, 1.54) is 6.34 Å². The van der Waals surface area contributed by atoms with Gasteiger partial charge in [0.2, 0.25) is 0 Å². The van der Waals surface area contributed by atoms with E-state index in [9.17, 15) is 4.79 Å². The standard InChI is InChI=1S/C22H21N9O2/c1-13(2)33-16-3-4-18-17(11-16)21(28-27-18)14-5-7-23-19(9-14)26-22(32)15-6-8-24-20(10-15)31-12-25-29-30-31/h3-13,29-30H,1-2H3,(H,27,28)(H,23,26,32). The molecule has 1 aromatic carbocycles. The number of aromatic nitrogens is 4. The van der Waals surface area contributed by atoms with E-state index in [-0.39, 0.29) is 12.0 Å². The van der Waals surface area contributed by atoms with Crippen LogP contribution in [0.3, 0.4) is 0 Å². The maximum atomic E-state index is 12.8. The van der Waals surface area contributed by atoms with Gasteiger partial charge in [0.15, 0.2) is 5.82 Å². The van der Waals surface area contributed by atoms with Crippen LogP contribution in [-0.4, -0.2) is 38.5 Å². The molecule has 0 saturated carbocycles. The van der Waals surface area contributed by atoms with Gasteiger partial charge < -0.3 is 10.1 Å². The summed E-state index contributed by atoms with van der Waals surface area (Å²) in [5.74, 6) is 1.38. The van der Waals surface area contributed by atoms with Gasteiger partial charge in [-0.15, -0.1) is 5.53 Å². The van der Waals surface area contributed by atoms with Gasteiger partial charge in [0, 0.05) is 28.9 Å². The van der Waals surface area contributed by atoms with Crippen LogP contribution in [0, 0.1) is 0 Å². The lowest BCUT2D eigenvalue weighted by Crippen LogP contribution is -2.37. The Balaban J connectivity index is 1.39. The van der Waals surface area contributed by atoms with Gasteiger partial charge in [-0.25, -0.2) is 20.5 Å². The summed E-state index contributed by atoms with van der Waals surface area (Å²) in [6.45, 7) is 3.96. The summed E-state index contributed by atoms with van der Waals surface area (Å²) >= 11 is 0. The molecule has 4 N–H and O–H groups in total. The third kappa shape index (κ3) is 4.29. The Labute approximate surface area is 188 Å². The average Bonchev–Trinajstić information content (AvgIpc) is 3.49. The van der Waals surface area contributed by atoms with E-state index >= 15 is 0 Å². The van der Waals surface area contributed by atoms with Crippen LogP contribution in [0.4, 0.5) is 11.6 Å². The summed E-state index contributed by atoms with van der Waals surface area (Å²) in [5.41, 5.74) is 8.23. The normalized spacial score (nSPS) is 12.9. The van der Waals surface area contributed by atoms with E-state index < -0.39 is 0 Å². The number of hydrazine groups is 2. The van der Waals surface area contributed by atoms with Crippen molar-refractivity contribution in [2.75, 3.05) is 10.3 Å². The molecule has 4 heterocycles. The Morgan fingerprint density at radius 1 is 1.09 bits per heavy atom. The molecule has 11 nitrogen and oxygen atoms in total. The SMILES string of the molecule is CC(C)Oc1ccc2[nH]nc(-c3ccnc(NC(=O)c4ccnc(N5C=NNN5)c4)c3)c2c1. The number of hydrogen-bond donors (Lipinski definition) is 4. The molecule has 0 aliphatic carbocycles. The van der Waals surface area contributed by atoms with Gasteiger partial charge in [-0.1, -0.05) is 0 Å². The summed E-state index contributed by atoms with van der Waals surface area (Å²) in [5, 5.41) is 16.6. The molecule has 1 amide bonds. The minimum atomic E-state index is -0.313. The number of hydrazone groups is 1. The second-order valence-electron chi connectivity index (χ2n) is 7.57. The van der Waals surface area contributed by atoms with Gasteiger partial charge in [0.1, 0.15) is 23.6 Å². The second-order valence-corrected chi connectivity index (χ2v) is 7.57. The highest BCUT2D eigenvalue weighted by atomic mass is 16.5. The van der Waals surface area contributed by atoms with E-state index in [2.05, 4.69) is 41.7 Å². The number of nitrogens with one attached hydrogen (secondary N) is 4. The van der Waals surface area contributed by atoms with Crippen LogP contribution < -0.4 is 26.1 Å². The Morgan fingerprint density at radius 3 is 2.79 bits per heavy atom. The highest BCUT2D eigenvalue weighted by molar-refractivity contribution is 6.05. The smallest absolute Gasteiger partial charge is 0.257 e. The molecule has 5 rings (SSSR count). The van der Waals surface area contributed by atoms with Gasteiger partial charge >= 0.3 is 0 Å². The number of aromatic amines is 1. The number of H-pyrrole nitrogens is 1. The quantitative estimate of drug-likeness (QED) is 0.358. The third-order valence-electron chi connectivity index (χ3n) is 4.84. The largest absolute Gasteiger partial charge is 0.491 e. The maximum Gasteiger partial charge on any atom is 0.257 e. The van der Waals surface area contributed by atoms with Crippen molar-refractivity contribution in [1.82, 2.24) is 31.2 Å². The van der Waals surface area contributed by atoms with E-state index in [0.717, 1.165) is 27.9 Å². The van der Waals surface area contributed by atoms with Crippen molar-refractivity contribution in [2.24, 2.45) is 5.10 Å². The molecule has 0 spiro atoms. The van der Waals surface area contributed by atoms with Crippen molar-refractivity contribution < 1.29 is 9.53 Å². The van der Waals surface area contributed by atoms with E-state index in [4.69, 9.17) is 4.74 Å². The fourth-order valence-electron chi connectivity index (χ4n) is 3.40. The van der Waals surface area contributed by atoms with Crippen LogP contribution in [0.15, 0.2) is 60.0 Å². The molecule has 11 heteroatoms. The molecule has 0 saturated heterocycles. The summed E-state index contributed by atoms with van der Waals surface area (Å²) in [4.78, 5) is 21.3. The molecule has 3 aromatic heterocycles. The molecular formula is C22H21N9O2. The van der Waals surface area contributed by atoms with Crippen LogP contribution >= 0.6 is 0 Å². The molecule has 1 aliphatic rings. The predicted octanol–water partition coefficient (Wildman–Crippen LogP) is 2.83. The Bertz CT molecular complexity index is 1350. The number of amides is 1. The first-order valence-corrected chi connectivity index (χ1v) is 10.3. The molecule has 0 fully saturated rings. The number of nitrogens with zero attached hydrogens (tertiary/aromatic N) is 5. The molecule has 0 unspecified atom stereocenters. The molecule has 166 valence electrons.